The highest BCUT2D eigenvalue weighted by atomic mass is 32.2. The van der Waals surface area contributed by atoms with Crippen LogP contribution in [-0.4, -0.2) is 30.3 Å². The van der Waals surface area contributed by atoms with E-state index >= 15 is 0 Å². The molecule has 3 aromatic rings. The first-order valence-corrected chi connectivity index (χ1v) is 9.15. The topological polar surface area (TPSA) is 86.1 Å². The molecular formula is C17H17FN4O3S. The third-order valence-electron chi connectivity index (χ3n) is 3.78. The Bertz CT molecular complexity index is 1020. The van der Waals surface area contributed by atoms with Gasteiger partial charge in [0.2, 0.25) is 10.0 Å². The van der Waals surface area contributed by atoms with Gasteiger partial charge in [-0.15, -0.1) is 0 Å². The summed E-state index contributed by atoms with van der Waals surface area (Å²) in [5.41, 5.74) is 2.29. The van der Waals surface area contributed by atoms with E-state index in [9.17, 15) is 12.8 Å². The molecule has 0 spiro atoms. The van der Waals surface area contributed by atoms with E-state index in [0.29, 0.717) is 5.69 Å². The van der Waals surface area contributed by atoms with Crippen molar-refractivity contribution in [2.75, 3.05) is 7.11 Å². The Labute approximate surface area is 150 Å². The number of halogens is 1. The van der Waals surface area contributed by atoms with Crippen LogP contribution in [0.2, 0.25) is 0 Å². The number of ether oxygens (including phenoxy) is 1. The second-order valence-electron chi connectivity index (χ2n) is 5.50. The summed E-state index contributed by atoms with van der Waals surface area (Å²) in [6.45, 7) is -0.0189. The number of rotatable bonds is 6. The number of sulfonamides is 1. The second-order valence-corrected chi connectivity index (χ2v) is 7.27. The minimum Gasteiger partial charge on any atom is -0.494 e. The number of pyridine rings is 1. The van der Waals surface area contributed by atoms with Gasteiger partial charge in [-0.1, -0.05) is 0 Å². The van der Waals surface area contributed by atoms with Crippen LogP contribution in [0.15, 0.2) is 53.7 Å². The summed E-state index contributed by atoms with van der Waals surface area (Å²) in [7, 11) is -0.797. The molecule has 0 aliphatic rings. The molecule has 0 saturated carbocycles. The molecule has 2 heterocycles. The highest BCUT2D eigenvalue weighted by molar-refractivity contribution is 7.89. The van der Waals surface area contributed by atoms with Gasteiger partial charge in [-0.05, 0) is 36.4 Å². The maximum Gasteiger partial charge on any atom is 0.241 e. The largest absolute Gasteiger partial charge is 0.494 e. The van der Waals surface area contributed by atoms with Crippen molar-refractivity contribution in [2.45, 2.75) is 11.4 Å². The quantitative estimate of drug-likeness (QED) is 0.712. The summed E-state index contributed by atoms with van der Waals surface area (Å²) in [5.74, 6) is -0.760. The molecule has 0 aliphatic carbocycles. The molecule has 0 fully saturated rings. The van der Waals surface area contributed by atoms with Crippen LogP contribution in [0.3, 0.4) is 0 Å². The van der Waals surface area contributed by atoms with E-state index in [1.165, 1.54) is 19.2 Å². The fourth-order valence-electron chi connectivity index (χ4n) is 2.47. The zero-order valence-electron chi connectivity index (χ0n) is 14.2. The highest BCUT2D eigenvalue weighted by Crippen LogP contribution is 2.21. The fourth-order valence-corrected chi connectivity index (χ4v) is 3.48. The number of benzene rings is 1. The lowest BCUT2D eigenvalue weighted by molar-refractivity contribution is 0.385. The fraction of sp³-hybridized carbons (Fsp3) is 0.176. The number of hydrogen-bond donors (Lipinski definition) is 1. The molecule has 0 aliphatic heterocycles. The summed E-state index contributed by atoms with van der Waals surface area (Å²) < 4.78 is 47.3. The van der Waals surface area contributed by atoms with Crippen LogP contribution in [0.4, 0.5) is 4.39 Å². The Kier molecular flexibility index (Phi) is 5.01. The molecule has 0 bridgehead atoms. The van der Waals surface area contributed by atoms with Crippen LogP contribution in [0.5, 0.6) is 5.75 Å². The maximum absolute atomic E-state index is 13.7. The summed E-state index contributed by atoms with van der Waals surface area (Å²) in [6.07, 6.45) is 3.34. The van der Waals surface area contributed by atoms with Crippen molar-refractivity contribution in [2.24, 2.45) is 7.05 Å². The third kappa shape index (κ3) is 3.73. The Morgan fingerprint density at radius 3 is 2.58 bits per heavy atom. The first-order valence-electron chi connectivity index (χ1n) is 7.67. The molecule has 26 heavy (non-hydrogen) atoms. The molecule has 0 saturated heterocycles. The molecule has 7 nitrogen and oxygen atoms in total. The van der Waals surface area contributed by atoms with Crippen LogP contribution in [0, 0.1) is 5.82 Å². The Balaban J connectivity index is 1.77. The zero-order valence-corrected chi connectivity index (χ0v) is 15.0. The molecule has 9 heteroatoms. The minimum absolute atomic E-state index is 0.0179. The summed E-state index contributed by atoms with van der Waals surface area (Å²) in [6, 6.07) is 8.93. The molecule has 1 aromatic carbocycles. The summed E-state index contributed by atoms with van der Waals surface area (Å²) in [5, 5.41) is 4.30. The van der Waals surface area contributed by atoms with Crippen molar-refractivity contribution in [1.82, 2.24) is 19.5 Å². The van der Waals surface area contributed by atoms with Crippen LogP contribution in [0.25, 0.3) is 11.3 Å². The van der Waals surface area contributed by atoms with E-state index in [2.05, 4.69) is 14.8 Å². The van der Waals surface area contributed by atoms with E-state index in [-0.39, 0.29) is 17.2 Å². The van der Waals surface area contributed by atoms with Gasteiger partial charge in [-0.2, -0.15) is 5.10 Å². The van der Waals surface area contributed by atoms with Crippen molar-refractivity contribution < 1.29 is 17.5 Å². The third-order valence-corrected chi connectivity index (χ3v) is 5.18. The monoisotopic (exact) mass is 376 g/mol. The van der Waals surface area contributed by atoms with E-state index in [1.807, 2.05) is 12.1 Å². The zero-order chi connectivity index (χ0) is 18.7. The molecule has 136 valence electrons. The average Bonchev–Trinajstić information content (AvgIpc) is 3.01. The van der Waals surface area contributed by atoms with E-state index in [1.54, 1.807) is 30.2 Å². The van der Waals surface area contributed by atoms with Gasteiger partial charge in [0.25, 0.3) is 0 Å². The predicted molar refractivity (Wildman–Crippen MR) is 93.4 cm³/mol. The van der Waals surface area contributed by atoms with Crippen LogP contribution in [0.1, 0.15) is 5.69 Å². The Morgan fingerprint density at radius 1 is 1.19 bits per heavy atom. The molecule has 2 aromatic heterocycles. The molecule has 0 atom stereocenters. The Morgan fingerprint density at radius 2 is 1.92 bits per heavy atom. The van der Waals surface area contributed by atoms with Gasteiger partial charge in [-0.3, -0.25) is 9.67 Å². The lowest BCUT2D eigenvalue weighted by atomic mass is 10.2. The van der Waals surface area contributed by atoms with Crippen LogP contribution < -0.4 is 9.46 Å². The number of aryl methyl sites for hydroxylation is 1. The first-order chi connectivity index (χ1) is 12.4. The highest BCUT2D eigenvalue weighted by Gasteiger charge is 2.17. The maximum atomic E-state index is 13.7. The molecule has 3 rings (SSSR count). The lowest BCUT2D eigenvalue weighted by Crippen LogP contribution is -2.23. The van der Waals surface area contributed by atoms with E-state index < -0.39 is 15.8 Å². The molecule has 0 unspecified atom stereocenters. The van der Waals surface area contributed by atoms with Gasteiger partial charge in [0.15, 0.2) is 11.6 Å². The van der Waals surface area contributed by atoms with Crippen molar-refractivity contribution in [3.63, 3.8) is 0 Å². The predicted octanol–water partition coefficient (Wildman–Crippen LogP) is 2.11. The van der Waals surface area contributed by atoms with Crippen molar-refractivity contribution in [3.8, 4) is 17.0 Å². The summed E-state index contributed by atoms with van der Waals surface area (Å²) in [4.78, 5) is 3.79. The standard InChI is InChI=1S/C17H17FN4O3S/c1-22-16(12-5-7-19-8-6-12)9-13(21-22)11-20-26(23,24)14-3-4-17(25-2)15(18)10-14/h3-10,20H,11H2,1-2H3. The van der Waals surface area contributed by atoms with Crippen LogP contribution in [-0.2, 0) is 23.6 Å². The number of methoxy groups -OCH3 is 1. The van der Waals surface area contributed by atoms with Crippen molar-refractivity contribution >= 4 is 10.0 Å². The van der Waals surface area contributed by atoms with E-state index in [0.717, 1.165) is 17.3 Å². The van der Waals surface area contributed by atoms with Gasteiger partial charge < -0.3 is 4.74 Å². The molecule has 1 N–H and O–H groups in total. The van der Waals surface area contributed by atoms with Crippen LogP contribution >= 0.6 is 0 Å². The minimum atomic E-state index is -3.88. The van der Waals surface area contributed by atoms with Gasteiger partial charge in [0, 0.05) is 25.0 Å². The first kappa shape index (κ1) is 18.0. The smallest absolute Gasteiger partial charge is 0.241 e. The number of nitrogens with one attached hydrogen (secondary N) is 1. The van der Waals surface area contributed by atoms with Crippen molar-refractivity contribution in [3.05, 3.63) is 60.3 Å². The average molecular weight is 376 g/mol. The lowest BCUT2D eigenvalue weighted by Gasteiger charge is -2.07. The Hall–Kier alpha value is -2.78. The normalized spacial score (nSPS) is 11.5. The van der Waals surface area contributed by atoms with E-state index in [4.69, 9.17) is 4.74 Å². The van der Waals surface area contributed by atoms with Crippen molar-refractivity contribution in [1.29, 1.82) is 0 Å². The van der Waals surface area contributed by atoms with Gasteiger partial charge in [-0.25, -0.2) is 17.5 Å². The summed E-state index contributed by atoms with van der Waals surface area (Å²) >= 11 is 0. The molecule has 0 amide bonds. The van der Waals surface area contributed by atoms with Gasteiger partial charge >= 0.3 is 0 Å². The number of nitrogens with zero attached hydrogens (tertiary/aromatic N) is 3. The number of aromatic nitrogens is 3. The SMILES string of the molecule is COc1ccc(S(=O)(=O)NCc2cc(-c3ccncc3)n(C)n2)cc1F. The molecular weight excluding hydrogens is 359 g/mol. The van der Waals surface area contributed by atoms with Gasteiger partial charge in [0.1, 0.15) is 0 Å². The molecule has 0 radical (unpaired) electrons. The second kappa shape index (κ2) is 7.22. The van der Waals surface area contributed by atoms with Gasteiger partial charge in [0.05, 0.1) is 29.9 Å². The number of hydrogen-bond acceptors (Lipinski definition) is 5.